The van der Waals surface area contributed by atoms with Crippen molar-refractivity contribution >= 4 is 22.4 Å². The standard InChI is InChI=1S/C25H30FN5O2/c1-30(14-15-32)18-5-6-20-19(16-18)23(29-24(28-20)25(26)9-10-25)31-12-7-17(8-13-31)22-21(33-2)4-3-11-27-22/h3-6,11,16-17,32H,7-10,12-15H2,1-2H3. The fraction of sp³-hybridized carbons (Fsp3) is 0.480. The van der Waals surface area contributed by atoms with E-state index in [1.807, 2.05) is 42.4 Å². The number of pyridine rings is 1. The molecule has 5 rings (SSSR count). The first-order valence-electron chi connectivity index (χ1n) is 11.6. The second-order valence-corrected chi connectivity index (χ2v) is 9.03. The molecule has 2 aromatic heterocycles. The van der Waals surface area contributed by atoms with E-state index < -0.39 is 5.67 Å². The highest BCUT2D eigenvalue weighted by Gasteiger charge is 2.48. The van der Waals surface area contributed by atoms with Crippen LogP contribution in [0.5, 0.6) is 5.75 Å². The van der Waals surface area contributed by atoms with Crippen LogP contribution in [0.3, 0.4) is 0 Å². The summed E-state index contributed by atoms with van der Waals surface area (Å²) in [6.07, 6.45) is 4.61. The summed E-state index contributed by atoms with van der Waals surface area (Å²) in [6, 6.07) is 9.80. The third-order valence-corrected chi connectivity index (χ3v) is 6.83. The molecule has 33 heavy (non-hydrogen) atoms. The number of methoxy groups -OCH3 is 1. The smallest absolute Gasteiger partial charge is 0.170 e. The van der Waals surface area contributed by atoms with Gasteiger partial charge in [0.2, 0.25) is 0 Å². The zero-order valence-corrected chi connectivity index (χ0v) is 19.2. The van der Waals surface area contributed by atoms with Crippen LogP contribution in [0.4, 0.5) is 15.9 Å². The van der Waals surface area contributed by atoms with Crippen LogP contribution < -0.4 is 14.5 Å². The molecular formula is C25H30FN5O2. The summed E-state index contributed by atoms with van der Waals surface area (Å²) in [5.74, 6) is 2.24. The molecule has 1 aromatic carbocycles. The molecule has 3 heterocycles. The van der Waals surface area contributed by atoms with Crippen molar-refractivity contribution in [2.45, 2.75) is 37.3 Å². The lowest BCUT2D eigenvalue weighted by atomic mass is 9.92. The third-order valence-electron chi connectivity index (χ3n) is 6.83. The molecular weight excluding hydrogens is 421 g/mol. The van der Waals surface area contributed by atoms with Gasteiger partial charge >= 0.3 is 0 Å². The summed E-state index contributed by atoms with van der Waals surface area (Å²) in [4.78, 5) is 18.2. The lowest BCUT2D eigenvalue weighted by molar-refractivity contribution is 0.301. The van der Waals surface area contributed by atoms with E-state index in [0.717, 1.165) is 59.8 Å². The minimum Gasteiger partial charge on any atom is -0.495 e. The molecule has 0 radical (unpaired) electrons. The number of fused-ring (bicyclic) bond motifs is 1. The van der Waals surface area contributed by atoms with Gasteiger partial charge in [0.05, 0.1) is 24.9 Å². The topological polar surface area (TPSA) is 74.6 Å². The number of ether oxygens (including phenoxy) is 1. The first-order valence-corrected chi connectivity index (χ1v) is 11.6. The molecule has 8 heteroatoms. The van der Waals surface area contributed by atoms with Gasteiger partial charge in [-0.15, -0.1) is 0 Å². The molecule has 174 valence electrons. The zero-order chi connectivity index (χ0) is 23.0. The van der Waals surface area contributed by atoms with Crippen LogP contribution in [0.1, 0.15) is 43.1 Å². The number of aliphatic hydroxyl groups excluding tert-OH is 1. The van der Waals surface area contributed by atoms with Crippen LogP contribution in [0.15, 0.2) is 36.5 Å². The van der Waals surface area contributed by atoms with Gasteiger partial charge in [0.25, 0.3) is 0 Å². The molecule has 1 aliphatic heterocycles. The van der Waals surface area contributed by atoms with Crippen molar-refractivity contribution in [3.63, 3.8) is 0 Å². The van der Waals surface area contributed by atoms with Gasteiger partial charge in [0.15, 0.2) is 11.5 Å². The van der Waals surface area contributed by atoms with E-state index in [1.54, 1.807) is 7.11 Å². The number of hydrogen-bond donors (Lipinski definition) is 1. The normalized spacial score (nSPS) is 17.9. The Morgan fingerprint density at radius 2 is 2.00 bits per heavy atom. The van der Waals surface area contributed by atoms with E-state index in [1.165, 1.54) is 0 Å². The van der Waals surface area contributed by atoms with Crippen molar-refractivity contribution in [2.75, 3.05) is 50.2 Å². The van der Waals surface area contributed by atoms with E-state index in [0.29, 0.717) is 31.1 Å². The zero-order valence-electron chi connectivity index (χ0n) is 19.2. The minimum atomic E-state index is -1.39. The number of alkyl halides is 1. The first kappa shape index (κ1) is 21.8. The van der Waals surface area contributed by atoms with Gasteiger partial charge in [0.1, 0.15) is 11.6 Å². The Kier molecular flexibility index (Phi) is 5.78. The Morgan fingerprint density at radius 3 is 2.70 bits per heavy atom. The Hall–Kier alpha value is -3.00. The van der Waals surface area contributed by atoms with Crippen LogP contribution in [0.2, 0.25) is 0 Å². The molecule has 3 aromatic rings. The summed E-state index contributed by atoms with van der Waals surface area (Å²) in [5, 5.41) is 10.2. The highest BCUT2D eigenvalue weighted by molar-refractivity contribution is 5.92. The molecule has 2 fully saturated rings. The van der Waals surface area contributed by atoms with Crippen LogP contribution in [-0.4, -0.2) is 60.5 Å². The Bertz CT molecular complexity index is 1140. The number of aromatic nitrogens is 3. The molecule has 1 saturated heterocycles. The average molecular weight is 452 g/mol. The summed E-state index contributed by atoms with van der Waals surface area (Å²) in [6.45, 7) is 2.20. The second kappa shape index (κ2) is 8.74. The molecule has 0 amide bonds. The van der Waals surface area contributed by atoms with Crippen LogP contribution in [0, 0.1) is 0 Å². The van der Waals surface area contributed by atoms with Gasteiger partial charge in [0, 0.05) is 49.9 Å². The van der Waals surface area contributed by atoms with Gasteiger partial charge in [-0.1, -0.05) is 0 Å². The minimum absolute atomic E-state index is 0.0751. The predicted molar refractivity (Wildman–Crippen MR) is 127 cm³/mol. The molecule has 1 N–H and O–H groups in total. The molecule has 7 nitrogen and oxygen atoms in total. The second-order valence-electron chi connectivity index (χ2n) is 9.03. The molecule has 2 aliphatic rings. The van der Waals surface area contributed by atoms with Gasteiger partial charge in [-0.3, -0.25) is 4.98 Å². The highest BCUT2D eigenvalue weighted by Crippen LogP contribution is 2.49. The summed E-state index contributed by atoms with van der Waals surface area (Å²) >= 11 is 0. The number of halogens is 1. The number of piperidine rings is 1. The van der Waals surface area contributed by atoms with Gasteiger partial charge in [-0.25, -0.2) is 14.4 Å². The van der Waals surface area contributed by atoms with Crippen molar-refractivity contribution in [2.24, 2.45) is 0 Å². The van der Waals surface area contributed by atoms with Crippen molar-refractivity contribution in [3.8, 4) is 5.75 Å². The highest BCUT2D eigenvalue weighted by atomic mass is 19.1. The van der Waals surface area contributed by atoms with Crippen LogP contribution in [-0.2, 0) is 5.67 Å². The number of aliphatic hydroxyl groups is 1. The number of hydrogen-bond acceptors (Lipinski definition) is 7. The lowest BCUT2D eigenvalue weighted by Gasteiger charge is -2.34. The first-order chi connectivity index (χ1) is 16.0. The number of likely N-dealkylation sites (N-methyl/N-ethyl adjacent to an activating group) is 1. The van der Waals surface area contributed by atoms with Crippen LogP contribution in [0.25, 0.3) is 10.9 Å². The molecule has 1 saturated carbocycles. The van der Waals surface area contributed by atoms with Crippen LogP contribution >= 0.6 is 0 Å². The number of anilines is 2. The third kappa shape index (κ3) is 4.19. The Labute approximate surface area is 193 Å². The molecule has 0 spiro atoms. The summed E-state index contributed by atoms with van der Waals surface area (Å²) in [7, 11) is 3.62. The fourth-order valence-electron chi connectivity index (χ4n) is 4.64. The quantitative estimate of drug-likeness (QED) is 0.586. The Morgan fingerprint density at radius 1 is 1.21 bits per heavy atom. The monoisotopic (exact) mass is 451 g/mol. The summed E-state index contributed by atoms with van der Waals surface area (Å²) < 4.78 is 20.5. The maximum Gasteiger partial charge on any atom is 0.170 e. The predicted octanol–water partition coefficient (Wildman–Crippen LogP) is 3.80. The van der Waals surface area contributed by atoms with E-state index in [9.17, 15) is 9.50 Å². The lowest BCUT2D eigenvalue weighted by Crippen LogP contribution is -2.34. The van der Waals surface area contributed by atoms with Crippen molar-refractivity contribution in [3.05, 3.63) is 48.0 Å². The number of rotatable bonds is 7. The van der Waals surface area contributed by atoms with Gasteiger partial charge in [-0.2, -0.15) is 0 Å². The van der Waals surface area contributed by atoms with Crippen molar-refractivity contribution < 1.29 is 14.2 Å². The Balaban J connectivity index is 1.48. The van der Waals surface area contributed by atoms with E-state index >= 15 is 0 Å². The summed E-state index contributed by atoms with van der Waals surface area (Å²) in [5.41, 5.74) is 1.34. The molecule has 1 aliphatic carbocycles. The largest absolute Gasteiger partial charge is 0.495 e. The van der Waals surface area contributed by atoms with Crippen molar-refractivity contribution in [1.29, 1.82) is 0 Å². The van der Waals surface area contributed by atoms with Gasteiger partial charge in [-0.05, 0) is 56.0 Å². The van der Waals surface area contributed by atoms with E-state index in [2.05, 4.69) is 20.9 Å². The van der Waals surface area contributed by atoms with E-state index in [-0.39, 0.29) is 6.61 Å². The molecule has 0 bridgehead atoms. The van der Waals surface area contributed by atoms with Crippen molar-refractivity contribution in [1.82, 2.24) is 15.0 Å². The maximum absolute atomic E-state index is 15.0. The fourth-order valence-corrected chi connectivity index (χ4v) is 4.64. The SMILES string of the molecule is COc1cccnc1C1CCN(c2nc(C3(F)CC3)nc3ccc(N(C)CCO)cc23)CC1. The molecule has 0 atom stereocenters. The van der Waals surface area contributed by atoms with Gasteiger partial charge < -0.3 is 19.6 Å². The average Bonchev–Trinajstić information content (AvgIpc) is 3.61. The number of benzene rings is 1. The number of nitrogens with zero attached hydrogens (tertiary/aromatic N) is 5. The maximum atomic E-state index is 15.0. The van der Waals surface area contributed by atoms with E-state index in [4.69, 9.17) is 9.72 Å². The molecule has 0 unspecified atom stereocenters.